The second-order valence-electron chi connectivity index (χ2n) is 5.92. The van der Waals surface area contributed by atoms with Crippen LogP contribution in [0.2, 0.25) is 0 Å². The maximum absolute atomic E-state index is 6.45. The SMILES string of the molecule is CCC1=CC=CC(c2ccccc2)(c2ccc(OCCOC)cc2)O1. The van der Waals surface area contributed by atoms with Gasteiger partial charge in [-0.3, -0.25) is 0 Å². The highest BCUT2D eigenvalue weighted by Gasteiger charge is 2.35. The quantitative estimate of drug-likeness (QED) is 0.678. The predicted octanol–water partition coefficient (Wildman–Crippen LogP) is 4.84. The Kier molecular flexibility index (Phi) is 5.56. The summed E-state index contributed by atoms with van der Waals surface area (Å²) in [6, 6.07) is 18.4. The van der Waals surface area contributed by atoms with Gasteiger partial charge in [0.15, 0.2) is 5.60 Å². The van der Waals surface area contributed by atoms with Crippen molar-refractivity contribution in [3.8, 4) is 5.75 Å². The van der Waals surface area contributed by atoms with Crippen LogP contribution in [0.15, 0.2) is 78.6 Å². The largest absolute Gasteiger partial charge is 0.491 e. The van der Waals surface area contributed by atoms with E-state index in [1.807, 2.05) is 36.4 Å². The lowest BCUT2D eigenvalue weighted by Gasteiger charge is -2.35. The fourth-order valence-electron chi connectivity index (χ4n) is 2.96. The maximum atomic E-state index is 6.45. The van der Waals surface area contributed by atoms with Crippen molar-refractivity contribution in [2.24, 2.45) is 0 Å². The summed E-state index contributed by atoms with van der Waals surface area (Å²) in [5.41, 5.74) is 1.58. The number of ether oxygens (including phenoxy) is 3. The zero-order chi connectivity index (χ0) is 17.5. The highest BCUT2D eigenvalue weighted by molar-refractivity contribution is 5.45. The molecule has 0 fully saturated rings. The van der Waals surface area contributed by atoms with Gasteiger partial charge in [0.2, 0.25) is 0 Å². The molecule has 3 nitrogen and oxygen atoms in total. The standard InChI is InChI=1S/C22H24O3/c1-3-20-10-7-15-22(25-20,18-8-5-4-6-9-18)19-11-13-21(14-12-19)24-17-16-23-2/h4-15H,3,16-17H2,1-2H3. The van der Waals surface area contributed by atoms with Crippen LogP contribution in [0, 0.1) is 0 Å². The van der Waals surface area contributed by atoms with E-state index in [9.17, 15) is 0 Å². The molecule has 0 aromatic heterocycles. The van der Waals surface area contributed by atoms with Gasteiger partial charge in [-0.15, -0.1) is 0 Å². The lowest BCUT2D eigenvalue weighted by molar-refractivity contribution is 0.0701. The van der Waals surface area contributed by atoms with E-state index in [0.717, 1.165) is 29.1 Å². The number of rotatable bonds is 7. The van der Waals surface area contributed by atoms with Crippen molar-refractivity contribution in [2.75, 3.05) is 20.3 Å². The molecule has 0 bridgehead atoms. The second-order valence-corrected chi connectivity index (χ2v) is 5.92. The van der Waals surface area contributed by atoms with Gasteiger partial charge >= 0.3 is 0 Å². The molecular formula is C22H24O3. The van der Waals surface area contributed by atoms with Crippen LogP contribution in [-0.4, -0.2) is 20.3 Å². The molecule has 1 atom stereocenters. The molecule has 0 spiro atoms. The van der Waals surface area contributed by atoms with E-state index in [0.29, 0.717) is 13.2 Å². The van der Waals surface area contributed by atoms with Gasteiger partial charge in [-0.1, -0.05) is 55.5 Å². The summed E-state index contributed by atoms with van der Waals surface area (Å²) in [7, 11) is 1.67. The number of allylic oxidation sites excluding steroid dienone is 3. The Hall–Kier alpha value is -2.52. The molecule has 3 rings (SSSR count). The minimum Gasteiger partial charge on any atom is -0.491 e. The first-order chi connectivity index (χ1) is 12.3. The van der Waals surface area contributed by atoms with Crippen molar-refractivity contribution >= 4 is 0 Å². The lowest BCUT2D eigenvalue weighted by Crippen LogP contribution is -2.30. The van der Waals surface area contributed by atoms with Gasteiger partial charge in [0.25, 0.3) is 0 Å². The van der Waals surface area contributed by atoms with Crippen molar-refractivity contribution in [1.29, 1.82) is 0 Å². The smallest absolute Gasteiger partial charge is 0.177 e. The molecule has 25 heavy (non-hydrogen) atoms. The Morgan fingerprint density at radius 2 is 1.64 bits per heavy atom. The normalized spacial score (nSPS) is 19.2. The first-order valence-corrected chi connectivity index (χ1v) is 8.63. The second kappa shape index (κ2) is 8.04. The molecule has 2 aromatic carbocycles. The predicted molar refractivity (Wildman–Crippen MR) is 99.6 cm³/mol. The van der Waals surface area contributed by atoms with Crippen molar-refractivity contribution in [3.05, 3.63) is 89.7 Å². The molecule has 1 heterocycles. The van der Waals surface area contributed by atoms with Gasteiger partial charge < -0.3 is 14.2 Å². The average molecular weight is 336 g/mol. The highest BCUT2D eigenvalue weighted by Crippen LogP contribution is 2.40. The first-order valence-electron chi connectivity index (χ1n) is 8.63. The van der Waals surface area contributed by atoms with Crippen LogP contribution in [0.25, 0.3) is 0 Å². The molecule has 0 saturated heterocycles. The minimum atomic E-state index is -0.605. The average Bonchev–Trinajstić information content (AvgIpc) is 2.69. The Labute approximate surface area is 149 Å². The molecule has 130 valence electrons. The van der Waals surface area contributed by atoms with Crippen molar-refractivity contribution in [1.82, 2.24) is 0 Å². The summed E-state index contributed by atoms with van der Waals surface area (Å²) in [6.45, 7) is 3.22. The topological polar surface area (TPSA) is 27.7 Å². The van der Waals surface area contributed by atoms with Gasteiger partial charge in [-0.25, -0.2) is 0 Å². The monoisotopic (exact) mass is 336 g/mol. The number of hydrogen-bond donors (Lipinski definition) is 0. The Balaban J connectivity index is 1.93. The van der Waals surface area contributed by atoms with Crippen LogP contribution in [0.3, 0.4) is 0 Å². The van der Waals surface area contributed by atoms with E-state index in [4.69, 9.17) is 14.2 Å². The van der Waals surface area contributed by atoms with E-state index < -0.39 is 5.60 Å². The van der Waals surface area contributed by atoms with E-state index >= 15 is 0 Å². The first kappa shape index (κ1) is 17.3. The highest BCUT2D eigenvalue weighted by atomic mass is 16.5. The van der Waals surface area contributed by atoms with Crippen LogP contribution in [-0.2, 0) is 15.1 Å². The van der Waals surface area contributed by atoms with Crippen molar-refractivity contribution in [3.63, 3.8) is 0 Å². The van der Waals surface area contributed by atoms with Gasteiger partial charge in [-0.05, 0) is 24.3 Å². The van der Waals surface area contributed by atoms with Gasteiger partial charge in [0.05, 0.1) is 12.4 Å². The van der Waals surface area contributed by atoms with Gasteiger partial charge in [-0.2, -0.15) is 0 Å². The van der Waals surface area contributed by atoms with Crippen LogP contribution in [0.1, 0.15) is 24.5 Å². The van der Waals surface area contributed by atoms with Gasteiger partial charge in [0, 0.05) is 24.7 Å². The number of methoxy groups -OCH3 is 1. The third-order valence-corrected chi connectivity index (χ3v) is 4.30. The molecule has 1 unspecified atom stereocenters. The lowest BCUT2D eigenvalue weighted by atomic mass is 9.84. The van der Waals surface area contributed by atoms with E-state index in [1.165, 1.54) is 0 Å². The minimum absolute atomic E-state index is 0.540. The van der Waals surface area contributed by atoms with Crippen LogP contribution in [0.5, 0.6) is 5.75 Å². The van der Waals surface area contributed by atoms with Crippen LogP contribution >= 0.6 is 0 Å². The Morgan fingerprint density at radius 3 is 2.32 bits per heavy atom. The fourth-order valence-corrected chi connectivity index (χ4v) is 2.96. The fraction of sp³-hybridized carbons (Fsp3) is 0.273. The number of benzene rings is 2. The molecule has 0 N–H and O–H groups in total. The van der Waals surface area contributed by atoms with Gasteiger partial charge in [0.1, 0.15) is 12.4 Å². The molecule has 1 aliphatic rings. The molecule has 0 aliphatic carbocycles. The van der Waals surface area contributed by atoms with Crippen molar-refractivity contribution in [2.45, 2.75) is 18.9 Å². The number of hydrogen-bond acceptors (Lipinski definition) is 3. The molecule has 2 aromatic rings. The molecule has 3 heteroatoms. The summed E-state index contributed by atoms with van der Waals surface area (Å²) in [4.78, 5) is 0. The van der Waals surface area contributed by atoms with E-state index in [-0.39, 0.29) is 0 Å². The summed E-state index contributed by atoms with van der Waals surface area (Å²) in [6.07, 6.45) is 7.08. The third kappa shape index (κ3) is 3.77. The molecule has 0 saturated carbocycles. The Bertz CT molecular complexity index is 732. The molecule has 0 amide bonds. The molecular weight excluding hydrogens is 312 g/mol. The van der Waals surface area contributed by atoms with Crippen molar-refractivity contribution < 1.29 is 14.2 Å². The van der Waals surface area contributed by atoms with E-state index in [1.54, 1.807) is 7.11 Å². The van der Waals surface area contributed by atoms with E-state index in [2.05, 4.69) is 43.3 Å². The summed E-state index contributed by atoms with van der Waals surface area (Å²) < 4.78 is 17.1. The summed E-state index contributed by atoms with van der Waals surface area (Å²) in [5, 5.41) is 0. The molecule has 0 radical (unpaired) electrons. The molecule has 1 aliphatic heterocycles. The zero-order valence-electron chi connectivity index (χ0n) is 14.8. The summed E-state index contributed by atoms with van der Waals surface area (Å²) >= 11 is 0. The zero-order valence-corrected chi connectivity index (χ0v) is 14.8. The maximum Gasteiger partial charge on any atom is 0.177 e. The Morgan fingerprint density at radius 1 is 0.920 bits per heavy atom. The summed E-state index contributed by atoms with van der Waals surface area (Å²) in [5.74, 6) is 1.81. The van der Waals surface area contributed by atoms with Crippen LogP contribution < -0.4 is 4.74 Å². The van der Waals surface area contributed by atoms with Crippen LogP contribution in [0.4, 0.5) is 0 Å². The third-order valence-electron chi connectivity index (χ3n) is 4.30.